The number of hydrogen-bond acceptors (Lipinski definition) is 4. The van der Waals surface area contributed by atoms with Crippen LogP contribution in [-0.4, -0.2) is 22.6 Å². The fourth-order valence-electron chi connectivity index (χ4n) is 2.28. The lowest BCUT2D eigenvalue weighted by atomic mass is 10.1. The molecule has 18 heavy (non-hydrogen) atoms. The summed E-state index contributed by atoms with van der Waals surface area (Å²) in [5.41, 5.74) is 0. The maximum atomic E-state index is 4.50. The molecule has 1 aliphatic rings. The normalized spacial score (nSPS) is 16.2. The number of hydrogen-bond donors (Lipinski definition) is 2. The van der Waals surface area contributed by atoms with Crippen molar-refractivity contribution in [2.24, 2.45) is 5.92 Å². The molecule has 0 bridgehead atoms. The minimum Gasteiger partial charge on any atom is -0.367 e. The lowest BCUT2D eigenvalue weighted by molar-refractivity contribution is 0.606. The topological polar surface area (TPSA) is 49.8 Å². The molecular weight excluding hydrogens is 224 g/mol. The molecule has 1 aromatic heterocycles. The Labute approximate surface area is 110 Å². The molecule has 0 aromatic carbocycles. The van der Waals surface area contributed by atoms with Gasteiger partial charge in [0.1, 0.15) is 5.82 Å². The summed E-state index contributed by atoms with van der Waals surface area (Å²) < 4.78 is 0. The van der Waals surface area contributed by atoms with E-state index in [4.69, 9.17) is 0 Å². The lowest BCUT2D eigenvalue weighted by Crippen LogP contribution is -2.16. The van der Waals surface area contributed by atoms with Gasteiger partial charge in [-0.25, -0.2) is 4.98 Å². The van der Waals surface area contributed by atoms with Crippen molar-refractivity contribution < 1.29 is 0 Å². The van der Waals surface area contributed by atoms with Gasteiger partial charge in [0.05, 0.1) is 0 Å². The van der Waals surface area contributed by atoms with Crippen LogP contribution in [0.5, 0.6) is 0 Å². The highest BCUT2D eigenvalue weighted by Crippen LogP contribution is 2.21. The quantitative estimate of drug-likeness (QED) is 0.811. The Balaban J connectivity index is 1.84. The molecule has 1 fully saturated rings. The van der Waals surface area contributed by atoms with Crippen molar-refractivity contribution in [3.05, 3.63) is 12.3 Å². The summed E-state index contributed by atoms with van der Waals surface area (Å²) >= 11 is 0. The molecule has 1 aromatic rings. The van der Waals surface area contributed by atoms with Gasteiger partial charge in [-0.15, -0.1) is 0 Å². The van der Waals surface area contributed by atoms with Crippen molar-refractivity contribution in [1.82, 2.24) is 9.97 Å². The zero-order chi connectivity index (χ0) is 12.8. The third-order valence-corrected chi connectivity index (χ3v) is 3.37. The van der Waals surface area contributed by atoms with Gasteiger partial charge < -0.3 is 10.6 Å². The predicted molar refractivity (Wildman–Crippen MR) is 75.9 cm³/mol. The summed E-state index contributed by atoms with van der Waals surface area (Å²) in [5.74, 6) is 2.39. The van der Waals surface area contributed by atoms with Crippen LogP contribution in [-0.2, 0) is 0 Å². The van der Waals surface area contributed by atoms with Crippen LogP contribution in [0.25, 0.3) is 0 Å². The number of nitrogens with one attached hydrogen (secondary N) is 2. The van der Waals surface area contributed by atoms with Crippen LogP contribution in [0.3, 0.4) is 0 Å². The maximum absolute atomic E-state index is 4.50. The summed E-state index contributed by atoms with van der Waals surface area (Å²) in [6.07, 6.45) is 8.16. The second kappa shape index (κ2) is 6.57. The summed E-state index contributed by atoms with van der Waals surface area (Å²) in [6.45, 7) is 5.38. The molecule has 100 valence electrons. The zero-order valence-corrected chi connectivity index (χ0v) is 11.4. The molecule has 2 rings (SSSR count). The van der Waals surface area contributed by atoms with Crippen molar-refractivity contribution in [2.75, 3.05) is 17.2 Å². The highest BCUT2D eigenvalue weighted by atomic mass is 15.1. The Morgan fingerprint density at radius 1 is 1.33 bits per heavy atom. The molecule has 1 aliphatic carbocycles. The van der Waals surface area contributed by atoms with E-state index < -0.39 is 0 Å². The van der Waals surface area contributed by atoms with E-state index in [1.807, 2.05) is 12.3 Å². The first-order valence-electron chi connectivity index (χ1n) is 7.07. The molecule has 2 N–H and O–H groups in total. The number of anilines is 2. The second-order valence-corrected chi connectivity index (χ2v) is 5.50. The lowest BCUT2D eigenvalue weighted by Gasteiger charge is -2.13. The average molecular weight is 248 g/mol. The number of nitrogens with zero attached hydrogens (tertiary/aromatic N) is 2. The van der Waals surface area contributed by atoms with Crippen LogP contribution >= 0.6 is 0 Å². The Morgan fingerprint density at radius 2 is 2.11 bits per heavy atom. The highest BCUT2D eigenvalue weighted by molar-refractivity contribution is 5.40. The molecule has 1 saturated carbocycles. The molecule has 4 heteroatoms. The number of rotatable bonds is 6. The van der Waals surface area contributed by atoms with E-state index in [9.17, 15) is 0 Å². The van der Waals surface area contributed by atoms with Gasteiger partial charge >= 0.3 is 0 Å². The van der Waals surface area contributed by atoms with Gasteiger partial charge in [0.15, 0.2) is 0 Å². The Morgan fingerprint density at radius 3 is 2.83 bits per heavy atom. The molecule has 1 heterocycles. The van der Waals surface area contributed by atoms with Crippen LogP contribution in [0, 0.1) is 5.92 Å². The minimum absolute atomic E-state index is 0.600. The summed E-state index contributed by atoms with van der Waals surface area (Å²) in [7, 11) is 0. The zero-order valence-electron chi connectivity index (χ0n) is 11.4. The van der Waals surface area contributed by atoms with Crippen LogP contribution < -0.4 is 10.6 Å². The van der Waals surface area contributed by atoms with Crippen molar-refractivity contribution in [3.8, 4) is 0 Å². The van der Waals surface area contributed by atoms with Gasteiger partial charge in [-0.2, -0.15) is 4.98 Å². The van der Waals surface area contributed by atoms with E-state index >= 15 is 0 Å². The molecule has 4 nitrogen and oxygen atoms in total. The van der Waals surface area contributed by atoms with Gasteiger partial charge in [-0.05, 0) is 31.2 Å². The van der Waals surface area contributed by atoms with E-state index in [-0.39, 0.29) is 0 Å². The van der Waals surface area contributed by atoms with Crippen LogP contribution in [0.1, 0.15) is 46.0 Å². The van der Waals surface area contributed by atoms with E-state index in [0.29, 0.717) is 12.0 Å². The van der Waals surface area contributed by atoms with Gasteiger partial charge in [-0.3, -0.25) is 0 Å². The first kappa shape index (κ1) is 13.1. The van der Waals surface area contributed by atoms with Crippen LogP contribution in [0.15, 0.2) is 12.3 Å². The largest absolute Gasteiger partial charge is 0.367 e. The summed E-state index contributed by atoms with van der Waals surface area (Å²) in [5, 5.41) is 6.77. The fraction of sp³-hybridized carbons (Fsp3) is 0.714. The van der Waals surface area contributed by atoms with Crippen molar-refractivity contribution in [1.29, 1.82) is 0 Å². The van der Waals surface area contributed by atoms with E-state index in [0.717, 1.165) is 24.7 Å². The Bertz CT molecular complexity index is 359. The average Bonchev–Trinajstić information content (AvgIpc) is 2.82. The monoisotopic (exact) mass is 248 g/mol. The Hall–Kier alpha value is -1.32. The first-order chi connectivity index (χ1) is 8.74. The van der Waals surface area contributed by atoms with E-state index in [1.54, 1.807) is 0 Å². The van der Waals surface area contributed by atoms with Gasteiger partial charge in [0, 0.05) is 18.8 Å². The fourth-order valence-corrected chi connectivity index (χ4v) is 2.28. The molecule has 0 unspecified atom stereocenters. The number of aromatic nitrogens is 2. The highest BCUT2D eigenvalue weighted by Gasteiger charge is 2.14. The van der Waals surface area contributed by atoms with Gasteiger partial charge in [-0.1, -0.05) is 26.7 Å². The minimum atomic E-state index is 0.600. The predicted octanol–water partition coefficient (Wildman–Crippen LogP) is 3.29. The van der Waals surface area contributed by atoms with Crippen molar-refractivity contribution >= 4 is 11.8 Å². The molecular formula is C14H24N4. The van der Waals surface area contributed by atoms with Gasteiger partial charge in [0.25, 0.3) is 0 Å². The van der Waals surface area contributed by atoms with Crippen molar-refractivity contribution in [3.63, 3.8) is 0 Å². The standard InChI is InChI=1S/C14H24N4/c1-11(2)7-9-15-14-16-10-8-13(18-14)17-12-5-3-4-6-12/h8,10-12H,3-7,9H2,1-2H3,(H2,15,16,17,18). The van der Waals surface area contributed by atoms with Gasteiger partial charge in [0.2, 0.25) is 5.95 Å². The molecule has 0 saturated heterocycles. The third kappa shape index (κ3) is 4.17. The molecule has 0 amide bonds. The first-order valence-corrected chi connectivity index (χ1v) is 7.07. The smallest absolute Gasteiger partial charge is 0.224 e. The van der Waals surface area contributed by atoms with Crippen LogP contribution in [0.2, 0.25) is 0 Å². The summed E-state index contributed by atoms with van der Waals surface area (Å²) in [4.78, 5) is 8.75. The van der Waals surface area contributed by atoms with E-state index in [2.05, 4.69) is 34.4 Å². The molecule has 0 radical (unpaired) electrons. The molecule has 0 aliphatic heterocycles. The second-order valence-electron chi connectivity index (χ2n) is 5.50. The Kier molecular flexibility index (Phi) is 4.79. The van der Waals surface area contributed by atoms with E-state index in [1.165, 1.54) is 25.7 Å². The molecule has 0 atom stereocenters. The SMILES string of the molecule is CC(C)CCNc1nccc(NC2CCCC2)n1. The summed E-state index contributed by atoms with van der Waals surface area (Å²) in [6, 6.07) is 2.55. The molecule has 0 spiro atoms. The maximum Gasteiger partial charge on any atom is 0.224 e. The van der Waals surface area contributed by atoms with Crippen LogP contribution in [0.4, 0.5) is 11.8 Å². The van der Waals surface area contributed by atoms with Crippen molar-refractivity contribution in [2.45, 2.75) is 52.0 Å². The third-order valence-electron chi connectivity index (χ3n) is 3.37.